The smallest absolute Gasteiger partial charge is 0.312 e. The molecule has 0 aromatic rings. The maximum absolute atomic E-state index is 12.3. The van der Waals surface area contributed by atoms with E-state index < -0.39 is 27.7 Å². The number of aliphatic hydroxyl groups excluding tert-OH is 1. The van der Waals surface area contributed by atoms with Gasteiger partial charge in [-0.3, -0.25) is 9.59 Å². The van der Waals surface area contributed by atoms with Crippen LogP contribution in [0.25, 0.3) is 0 Å². The zero-order valence-electron chi connectivity index (χ0n) is 12.3. The molecule has 122 valence electrons. The summed E-state index contributed by atoms with van der Waals surface area (Å²) < 4.78 is 28.0. The van der Waals surface area contributed by atoms with Crippen molar-refractivity contribution in [2.75, 3.05) is 52.0 Å². The number of nitrogens with zero attached hydrogens (tertiary/aromatic N) is 2. The van der Waals surface area contributed by atoms with Crippen LogP contribution in [0.4, 0.5) is 0 Å². The number of carbonyl (C=O) groups is 2. The second-order valence-electron chi connectivity index (χ2n) is 5.00. The van der Waals surface area contributed by atoms with Crippen LogP contribution < -0.4 is 0 Å². The number of carbonyl (C=O) groups excluding carboxylic acids is 2. The number of sulfone groups is 1. The number of rotatable bonds is 6. The van der Waals surface area contributed by atoms with E-state index >= 15 is 0 Å². The molecule has 8 nitrogen and oxygen atoms in total. The maximum atomic E-state index is 12.3. The predicted octanol–water partition coefficient (Wildman–Crippen LogP) is -1.90. The molecule has 0 saturated carbocycles. The summed E-state index contributed by atoms with van der Waals surface area (Å²) in [5.41, 5.74) is 0. The average molecular weight is 322 g/mol. The van der Waals surface area contributed by atoms with Crippen LogP contribution >= 0.6 is 0 Å². The lowest BCUT2D eigenvalue weighted by molar-refractivity contribution is -0.152. The molecule has 1 saturated heterocycles. The standard InChI is InChI=1S/C12H22N2O6S/c1-13(4-6-15)11(16)12(17)14(5-7-20-2)10-3-8-21(18,19)9-10/h10,15H,3-9H2,1-2H3. The van der Waals surface area contributed by atoms with Crippen molar-refractivity contribution in [2.45, 2.75) is 12.5 Å². The number of hydrogen-bond acceptors (Lipinski definition) is 6. The Morgan fingerprint density at radius 3 is 2.43 bits per heavy atom. The largest absolute Gasteiger partial charge is 0.395 e. The Morgan fingerprint density at radius 2 is 1.95 bits per heavy atom. The Kier molecular flexibility index (Phi) is 6.56. The summed E-state index contributed by atoms with van der Waals surface area (Å²) in [5, 5.41) is 8.81. The zero-order chi connectivity index (χ0) is 16.0. The molecule has 21 heavy (non-hydrogen) atoms. The van der Waals surface area contributed by atoms with Crippen LogP contribution in [0.5, 0.6) is 0 Å². The van der Waals surface area contributed by atoms with Crippen molar-refractivity contribution in [3.05, 3.63) is 0 Å². The third-order valence-corrected chi connectivity index (χ3v) is 5.16. The molecule has 1 unspecified atom stereocenters. The highest BCUT2D eigenvalue weighted by atomic mass is 32.2. The monoisotopic (exact) mass is 322 g/mol. The highest BCUT2D eigenvalue weighted by Gasteiger charge is 2.37. The molecule has 0 aromatic heterocycles. The van der Waals surface area contributed by atoms with E-state index in [1.165, 1.54) is 19.1 Å². The van der Waals surface area contributed by atoms with E-state index in [4.69, 9.17) is 9.84 Å². The van der Waals surface area contributed by atoms with Gasteiger partial charge >= 0.3 is 11.8 Å². The topological polar surface area (TPSA) is 104 Å². The minimum Gasteiger partial charge on any atom is -0.395 e. The van der Waals surface area contributed by atoms with Crippen LogP contribution in [0, 0.1) is 0 Å². The highest BCUT2D eigenvalue weighted by molar-refractivity contribution is 7.91. The van der Waals surface area contributed by atoms with Crippen LogP contribution in [0.15, 0.2) is 0 Å². The summed E-state index contributed by atoms with van der Waals surface area (Å²) in [6, 6.07) is -0.496. The first-order chi connectivity index (χ1) is 9.82. The van der Waals surface area contributed by atoms with Crippen molar-refractivity contribution >= 4 is 21.7 Å². The lowest BCUT2D eigenvalue weighted by Gasteiger charge is -2.29. The molecular formula is C12H22N2O6S. The van der Waals surface area contributed by atoms with Crippen molar-refractivity contribution in [1.82, 2.24) is 9.80 Å². The highest BCUT2D eigenvalue weighted by Crippen LogP contribution is 2.18. The summed E-state index contributed by atoms with van der Waals surface area (Å²) in [6.07, 6.45) is 0.328. The van der Waals surface area contributed by atoms with E-state index in [-0.39, 0.29) is 37.8 Å². The first kappa shape index (κ1) is 17.9. The van der Waals surface area contributed by atoms with Crippen molar-refractivity contribution < 1.29 is 27.9 Å². The molecule has 1 atom stereocenters. The molecule has 1 heterocycles. The van der Waals surface area contributed by atoms with E-state index in [0.29, 0.717) is 6.42 Å². The molecule has 2 amide bonds. The molecule has 0 aliphatic carbocycles. The molecule has 0 aromatic carbocycles. The van der Waals surface area contributed by atoms with Crippen LogP contribution in [0.3, 0.4) is 0 Å². The molecule has 1 aliphatic rings. The number of amides is 2. The third kappa shape index (κ3) is 4.94. The van der Waals surface area contributed by atoms with Gasteiger partial charge in [0.1, 0.15) is 0 Å². The second-order valence-corrected chi connectivity index (χ2v) is 7.23. The van der Waals surface area contributed by atoms with Crippen molar-refractivity contribution in [1.29, 1.82) is 0 Å². The predicted molar refractivity (Wildman–Crippen MR) is 75.4 cm³/mol. The van der Waals surface area contributed by atoms with E-state index in [1.54, 1.807) is 0 Å². The molecule has 0 radical (unpaired) electrons. The summed E-state index contributed by atoms with van der Waals surface area (Å²) in [7, 11) is -0.276. The van der Waals surface area contributed by atoms with E-state index in [1.807, 2.05) is 0 Å². The van der Waals surface area contributed by atoms with Gasteiger partial charge in [-0.05, 0) is 6.42 Å². The van der Waals surface area contributed by atoms with Crippen LogP contribution in [-0.4, -0.2) is 93.1 Å². The first-order valence-electron chi connectivity index (χ1n) is 6.68. The van der Waals surface area contributed by atoms with E-state index in [0.717, 1.165) is 4.90 Å². The summed E-state index contributed by atoms with van der Waals surface area (Å²) in [6.45, 7) is 0.185. The number of likely N-dealkylation sites (N-methyl/N-ethyl adjacent to an activating group) is 1. The van der Waals surface area contributed by atoms with Crippen molar-refractivity contribution in [3.63, 3.8) is 0 Å². The van der Waals surface area contributed by atoms with Gasteiger partial charge < -0.3 is 19.6 Å². The molecule has 1 fully saturated rings. The van der Waals surface area contributed by atoms with Gasteiger partial charge in [-0.25, -0.2) is 8.42 Å². The molecule has 1 N–H and O–H groups in total. The zero-order valence-corrected chi connectivity index (χ0v) is 13.1. The van der Waals surface area contributed by atoms with Gasteiger partial charge in [0, 0.05) is 33.3 Å². The Bertz CT molecular complexity index is 478. The van der Waals surface area contributed by atoms with Gasteiger partial charge in [-0.15, -0.1) is 0 Å². The molecule has 0 spiro atoms. The van der Waals surface area contributed by atoms with Crippen LogP contribution in [0.1, 0.15) is 6.42 Å². The average Bonchev–Trinajstić information content (AvgIpc) is 2.78. The Hall–Kier alpha value is -1.19. The fraction of sp³-hybridized carbons (Fsp3) is 0.833. The fourth-order valence-corrected chi connectivity index (χ4v) is 3.93. The van der Waals surface area contributed by atoms with Gasteiger partial charge in [-0.2, -0.15) is 0 Å². The number of ether oxygens (including phenoxy) is 1. The number of methoxy groups -OCH3 is 1. The van der Waals surface area contributed by atoms with E-state index in [2.05, 4.69) is 0 Å². The van der Waals surface area contributed by atoms with E-state index in [9.17, 15) is 18.0 Å². The number of hydrogen-bond donors (Lipinski definition) is 1. The van der Waals surface area contributed by atoms with Gasteiger partial charge in [0.05, 0.1) is 24.7 Å². The Balaban J connectivity index is 2.82. The lowest BCUT2D eigenvalue weighted by Crippen LogP contribution is -2.50. The van der Waals surface area contributed by atoms with Crippen molar-refractivity contribution in [3.8, 4) is 0 Å². The van der Waals surface area contributed by atoms with Crippen LogP contribution in [-0.2, 0) is 24.2 Å². The third-order valence-electron chi connectivity index (χ3n) is 3.41. The quantitative estimate of drug-likeness (QED) is 0.573. The van der Waals surface area contributed by atoms with Crippen molar-refractivity contribution in [2.24, 2.45) is 0 Å². The number of aliphatic hydroxyl groups is 1. The minimum atomic E-state index is -3.15. The minimum absolute atomic E-state index is 0.0229. The maximum Gasteiger partial charge on any atom is 0.312 e. The first-order valence-corrected chi connectivity index (χ1v) is 8.51. The Morgan fingerprint density at radius 1 is 1.29 bits per heavy atom. The molecular weight excluding hydrogens is 300 g/mol. The summed E-state index contributed by atoms with van der Waals surface area (Å²) >= 11 is 0. The second kappa shape index (κ2) is 7.71. The molecule has 9 heteroatoms. The normalized spacial score (nSPS) is 20.2. The SMILES string of the molecule is COCCN(C(=O)C(=O)N(C)CCO)C1CCS(=O)(=O)C1. The summed E-state index contributed by atoms with van der Waals surface area (Å²) in [4.78, 5) is 26.6. The van der Waals surface area contributed by atoms with Gasteiger partial charge in [0.15, 0.2) is 9.84 Å². The summed E-state index contributed by atoms with van der Waals surface area (Å²) in [5.74, 6) is -1.62. The molecule has 0 bridgehead atoms. The Labute approximate surface area is 124 Å². The lowest BCUT2D eigenvalue weighted by atomic mass is 10.2. The van der Waals surface area contributed by atoms with Gasteiger partial charge in [-0.1, -0.05) is 0 Å². The van der Waals surface area contributed by atoms with Gasteiger partial charge in [0.25, 0.3) is 0 Å². The molecule has 1 rings (SSSR count). The van der Waals surface area contributed by atoms with Crippen LogP contribution in [0.2, 0.25) is 0 Å². The molecule has 1 aliphatic heterocycles. The fourth-order valence-electron chi connectivity index (χ4n) is 2.20. The van der Waals surface area contributed by atoms with Gasteiger partial charge in [0.2, 0.25) is 0 Å².